The molecule has 0 radical (unpaired) electrons. The molecule has 1 aromatic carbocycles. The van der Waals surface area contributed by atoms with Crippen LogP contribution in [0.1, 0.15) is 17.3 Å². The number of nitrogens with one attached hydrogen (secondary N) is 1. The van der Waals surface area contributed by atoms with Crippen LogP contribution < -0.4 is 11.1 Å². The average Bonchev–Trinajstić information content (AvgIpc) is 2.34. The van der Waals surface area contributed by atoms with Gasteiger partial charge < -0.3 is 21.3 Å². The fourth-order valence-electron chi connectivity index (χ4n) is 1.40. The van der Waals surface area contributed by atoms with E-state index in [0.29, 0.717) is 0 Å². The Bertz CT molecular complexity index is 610. The molecule has 0 aliphatic heterocycles. The Balaban J connectivity index is 2.97. The number of rotatable bonds is 5. The first-order valence-corrected chi connectivity index (χ1v) is 7.66. The summed E-state index contributed by atoms with van der Waals surface area (Å²) in [7, 11) is -3.48. The van der Waals surface area contributed by atoms with Crippen LogP contribution in [0.4, 0.5) is 5.69 Å². The lowest BCUT2D eigenvalue weighted by atomic mass is 10.1. The molecule has 1 amide bonds. The van der Waals surface area contributed by atoms with E-state index in [4.69, 9.17) is 10.8 Å². The normalized spacial score (nSPS) is 14.6. The number of nitrogen functional groups attached to an aromatic ring is 1. The van der Waals surface area contributed by atoms with E-state index in [2.05, 4.69) is 5.32 Å². The van der Waals surface area contributed by atoms with E-state index in [1.807, 2.05) is 0 Å². The van der Waals surface area contributed by atoms with Gasteiger partial charge in [-0.25, -0.2) is 8.42 Å². The SMILES string of the molecule is CC(O)(CO)CNC(=O)c1cc(N)cc(S(C)(=O)=O)c1. The summed E-state index contributed by atoms with van der Waals surface area (Å²) < 4.78 is 22.9. The second-order valence-corrected chi connectivity index (χ2v) is 6.92. The summed E-state index contributed by atoms with van der Waals surface area (Å²) in [5, 5.41) is 20.8. The summed E-state index contributed by atoms with van der Waals surface area (Å²) in [4.78, 5) is 11.8. The van der Waals surface area contributed by atoms with Crippen LogP contribution in [0.25, 0.3) is 0 Å². The third-order valence-corrected chi connectivity index (χ3v) is 3.68. The number of sulfone groups is 1. The Morgan fingerprint density at radius 3 is 2.50 bits per heavy atom. The number of carbonyl (C=O) groups is 1. The highest BCUT2D eigenvalue weighted by molar-refractivity contribution is 7.90. The van der Waals surface area contributed by atoms with Crippen molar-refractivity contribution in [1.82, 2.24) is 5.32 Å². The van der Waals surface area contributed by atoms with Crippen LogP contribution in [0.2, 0.25) is 0 Å². The van der Waals surface area contributed by atoms with Gasteiger partial charge in [0, 0.05) is 24.1 Å². The van der Waals surface area contributed by atoms with Crippen LogP contribution in [0.3, 0.4) is 0 Å². The minimum atomic E-state index is -3.48. The number of anilines is 1. The van der Waals surface area contributed by atoms with Crippen LogP contribution in [-0.4, -0.2) is 49.5 Å². The zero-order chi connectivity index (χ0) is 15.6. The van der Waals surface area contributed by atoms with Crippen LogP contribution in [0.5, 0.6) is 0 Å². The molecule has 0 aromatic heterocycles. The monoisotopic (exact) mass is 302 g/mol. The minimum Gasteiger partial charge on any atom is -0.399 e. The molecule has 8 heteroatoms. The molecule has 1 rings (SSSR count). The number of hydrogen-bond acceptors (Lipinski definition) is 6. The Morgan fingerprint density at radius 2 is 2.00 bits per heavy atom. The Kier molecular flexibility index (Phi) is 4.74. The molecule has 0 bridgehead atoms. The Hall–Kier alpha value is -1.64. The zero-order valence-electron chi connectivity index (χ0n) is 11.3. The van der Waals surface area contributed by atoms with Gasteiger partial charge in [-0.2, -0.15) is 0 Å². The number of aliphatic hydroxyl groups excluding tert-OH is 1. The first-order valence-electron chi connectivity index (χ1n) is 5.77. The number of carbonyl (C=O) groups excluding carboxylic acids is 1. The molecular weight excluding hydrogens is 284 g/mol. The van der Waals surface area contributed by atoms with Gasteiger partial charge in [-0.05, 0) is 25.1 Å². The van der Waals surface area contributed by atoms with Crippen molar-refractivity contribution in [3.63, 3.8) is 0 Å². The molecule has 0 fully saturated rings. The first kappa shape index (κ1) is 16.4. The largest absolute Gasteiger partial charge is 0.399 e. The van der Waals surface area contributed by atoms with Crippen molar-refractivity contribution >= 4 is 21.4 Å². The molecule has 1 atom stereocenters. The third-order valence-electron chi connectivity index (χ3n) is 2.59. The summed E-state index contributed by atoms with van der Waals surface area (Å²) >= 11 is 0. The first-order chi connectivity index (χ1) is 9.05. The summed E-state index contributed by atoms with van der Waals surface area (Å²) in [5.74, 6) is -0.587. The van der Waals surface area contributed by atoms with E-state index in [0.717, 1.165) is 6.26 Å². The van der Waals surface area contributed by atoms with Gasteiger partial charge in [0.15, 0.2) is 9.84 Å². The van der Waals surface area contributed by atoms with Crippen LogP contribution in [0.15, 0.2) is 23.1 Å². The lowest BCUT2D eigenvalue weighted by Crippen LogP contribution is -2.43. The Morgan fingerprint density at radius 1 is 1.40 bits per heavy atom. The molecule has 1 aromatic rings. The van der Waals surface area contributed by atoms with Gasteiger partial charge in [0.1, 0.15) is 5.60 Å². The minimum absolute atomic E-state index is 0.0587. The quantitative estimate of drug-likeness (QED) is 0.524. The van der Waals surface area contributed by atoms with Crippen molar-refractivity contribution < 1.29 is 23.4 Å². The molecule has 5 N–H and O–H groups in total. The Labute approximate surface area is 117 Å². The van der Waals surface area contributed by atoms with Gasteiger partial charge in [0.25, 0.3) is 5.91 Å². The van der Waals surface area contributed by atoms with E-state index in [9.17, 15) is 18.3 Å². The van der Waals surface area contributed by atoms with E-state index in [1.165, 1.54) is 25.1 Å². The molecule has 0 saturated carbocycles. The molecule has 7 nitrogen and oxygen atoms in total. The summed E-state index contributed by atoms with van der Waals surface area (Å²) in [6.45, 7) is 0.665. The molecule has 0 spiro atoms. The predicted octanol–water partition coefficient (Wildman–Crippen LogP) is -0.855. The highest BCUT2D eigenvalue weighted by atomic mass is 32.2. The molecular formula is C12H18N2O5S. The molecule has 0 aliphatic rings. The van der Waals surface area contributed by atoms with Gasteiger partial charge in [0.2, 0.25) is 0 Å². The fourth-order valence-corrected chi connectivity index (χ4v) is 2.09. The molecule has 112 valence electrons. The standard InChI is InChI=1S/C12H18N2O5S/c1-12(17,7-15)6-14-11(16)8-3-9(13)5-10(4-8)20(2,18)19/h3-5,15,17H,6-7,13H2,1-2H3,(H,14,16). The number of amides is 1. The van der Waals surface area contributed by atoms with Crippen molar-refractivity contribution in [1.29, 1.82) is 0 Å². The van der Waals surface area contributed by atoms with E-state index in [-0.39, 0.29) is 22.7 Å². The molecule has 0 heterocycles. The average molecular weight is 302 g/mol. The lowest BCUT2D eigenvalue weighted by Gasteiger charge is -2.20. The second kappa shape index (κ2) is 5.78. The van der Waals surface area contributed by atoms with E-state index >= 15 is 0 Å². The fraction of sp³-hybridized carbons (Fsp3) is 0.417. The van der Waals surface area contributed by atoms with Gasteiger partial charge in [0.05, 0.1) is 11.5 Å². The summed E-state index contributed by atoms with van der Waals surface area (Å²) in [5.41, 5.74) is 4.33. The highest BCUT2D eigenvalue weighted by Gasteiger charge is 2.21. The van der Waals surface area contributed by atoms with Gasteiger partial charge in [-0.3, -0.25) is 4.79 Å². The van der Waals surface area contributed by atoms with Crippen LogP contribution in [-0.2, 0) is 9.84 Å². The lowest BCUT2D eigenvalue weighted by molar-refractivity contribution is 0.00320. The van der Waals surface area contributed by atoms with Gasteiger partial charge in [-0.1, -0.05) is 0 Å². The molecule has 20 heavy (non-hydrogen) atoms. The van der Waals surface area contributed by atoms with Crippen molar-refractivity contribution in [2.24, 2.45) is 0 Å². The smallest absolute Gasteiger partial charge is 0.251 e. The predicted molar refractivity (Wildman–Crippen MR) is 74.0 cm³/mol. The van der Waals surface area contributed by atoms with E-state index in [1.54, 1.807) is 0 Å². The van der Waals surface area contributed by atoms with Crippen molar-refractivity contribution in [2.75, 3.05) is 25.1 Å². The van der Waals surface area contributed by atoms with Crippen molar-refractivity contribution in [2.45, 2.75) is 17.4 Å². The molecule has 0 saturated heterocycles. The highest BCUT2D eigenvalue weighted by Crippen LogP contribution is 2.17. The van der Waals surface area contributed by atoms with Gasteiger partial charge >= 0.3 is 0 Å². The summed E-state index contributed by atoms with van der Waals surface area (Å²) in [6, 6.07) is 3.79. The molecule has 0 aliphatic carbocycles. The number of hydrogen-bond donors (Lipinski definition) is 4. The third kappa shape index (κ3) is 4.48. The number of nitrogens with two attached hydrogens (primary N) is 1. The van der Waals surface area contributed by atoms with Crippen molar-refractivity contribution in [3.05, 3.63) is 23.8 Å². The maximum Gasteiger partial charge on any atom is 0.251 e. The van der Waals surface area contributed by atoms with Crippen LogP contribution in [0, 0.1) is 0 Å². The zero-order valence-corrected chi connectivity index (χ0v) is 12.1. The van der Waals surface area contributed by atoms with Crippen LogP contribution >= 0.6 is 0 Å². The molecule has 1 unspecified atom stereocenters. The summed E-state index contributed by atoms with van der Waals surface area (Å²) in [6.07, 6.45) is 1.01. The van der Waals surface area contributed by atoms with Crippen molar-refractivity contribution in [3.8, 4) is 0 Å². The number of aliphatic hydroxyl groups is 2. The second-order valence-electron chi connectivity index (χ2n) is 4.90. The number of benzene rings is 1. The topological polar surface area (TPSA) is 130 Å². The maximum absolute atomic E-state index is 11.9. The maximum atomic E-state index is 11.9. The van der Waals surface area contributed by atoms with Gasteiger partial charge in [-0.15, -0.1) is 0 Å². The van der Waals surface area contributed by atoms with E-state index < -0.39 is 28.0 Å².